The molecular weight excluding hydrogens is 196 g/mol. The lowest BCUT2D eigenvalue weighted by Crippen LogP contribution is -2.40. The fraction of sp³-hybridized carbons (Fsp3) is 0.667. The van der Waals surface area contributed by atoms with E-state index in [2.05, 4.69) is 14.9 Å². The van der Waals surface area contributed by atoms with E-state index >= 15 is 0 Å². The predicted molar refractivity (Wildman–Crippen MR) is 40.5 cm³/mol. The van der Waals surface area contributed by atoms with Crippen LogP contribution in [-0.2, 0) is 19.2 Å². The molecule has 1 heterocycles. The minimum atomic E-state index is -1.08. The number of carbonyl (C=O) groups is 2. The quantitative estimate of drug-likeness (QED) is 0.343. The Kier molecular flexibility index (Phi) is 3.21. The average molecular weight is 204 g/mol. The van der Waals surface area contributed by atoms with Gasteiger partial charge in [-0.2, -0.15) is 0 Å². The van der Waals surface area contributed by atoms with Crippen molar-refractivity contribution in [3.05, 3.63) is 10.1 Å². The zero-order chi connectivity index (χ0) is 10.6. The number of nitrogens with one attached hydrogen (secondary N) is 1. The second-order valence-corrected chi connectivity index (χ2v) is 2.57. The molecule has 0 saturated carbocycles. The number of rotatable bonds is 4. The summed E-state index contributed by atoms with van der Waals surface area (Å²) in [6.45, 7) is -0.462. The topological polar surface area (TPSA) is 108 Å². The van der Waals surface area contributed by atoms with Gasteiger partial charge in [0.1, 0.15) is 6.04 Å². The van der Waals surface area contributed by atoms with Crippen molar-refractivity contribution in [2.24, 2.45) is 0 Å². The first-order chi connectivity index (χ1) is 6.59. The maximum absolute atomic E-state index is 10.9. The van der Waals surface area contributed by atoms with Crippen LogP contribution in [0.2, 0.25) is 0 Å². The van der Waals surface area contributed by atoms with Crippen LogP contribution in [0.3, 0.4) is 0 Å². The summed E-state index contributed by atoms with van der Waals surface area (Å²) in [5.41, 5.74) is 0. The fourth-order valence-corrected chi connectivity index (χ4v) is 0.974. The summed E-state index contributed by atoms with van der Waals surface area (Å²) in [5.74, 6) is -1.25. The van der Waals surface area contributed by atoms with Gasteiger partial charge in [-0.25, -0.2) is 4.79 Å². The highest BCUT2D eigenvalue weighted by Crippen LogP contribution is 2.04. The number of hydrogen-bond donors (Lipinski definition) is 1. The molecule has 1 N–H and O–H groups in total. The molecular formula is C6H8N2O6. The fourth-order valence-electron chi connectivity index (χ4n) is 0.974. The highest BCUT2D eigenvalue weighted by molar-refractivity contribution is 5.85. The van der Waals surface area contributed by atoms with Crippen molar-refractivity contribution in [3.63, 3.8) is 0 Å². The lowest BCUT2D eigenvalue weighted by atomic mass is 10.2. The zero-order valence-corrected chi connectivity index (χ0v) is 7.10. The molecule has 0 aromatic rings. The van der Waals surface area contributed by atoms with Gasteiger partial charge in [0.15, 0.2) is 6.61 Å². The maximum Gasteiger partial charge on any atom is 0.328 e. The summed E-state index contributed by atoms with van der Waals surface area (Å²) < 4.78 is 4.56. The van der Waals surface area contributed by atoms with Gasteiger partial charge in [0, 0.05) is 6.42 Å². The molecule has 1 aliphatic rings. The summed E-state index contributed by atoms with van der Waals surface area (Å²) in [6, 6.07) is -0.710. The standard InChI is InChI=1S/C6H8N2O6/c9-5(3-14-8(11)12)7-4-1-2-13-6(4)10/h4H,1-3H2,(H,7,9)/t4-/m0/s1. The second-order valence-electron chi connectivity index (χ2n) is 2.57. The van der Waals surface area contributed by atoms with Crippen molar-refractivity contribution in [2.75, 3.05) is 13.2 Å². The molecule has 8 heteroatoms. The van der Waals surface area contributed by atoms with Crippen molar-refractivity contribution in [2.45, 2.75) is 12.5 Å². The van der Waals surface area contributed by atoms with Crippen LogP contribution >= 0.6 is 0 Å². The van der Waals surface area contributed by atoms with Crippen LogP contribution in [0, 0.1) is 10.1 Å². The molecule has 1 saturated heterocycles. The highest BCUT2D eigenvalue weighted by atomic mass is 16.9. The van der Waals surface area contributed by atoms with Gasteiger partial charge in [0.05, 0.1) is 6.61 Å². The number of ether oxygens (including phenoxy) is 1. The average Bonchev–Trinajstić information content (AvgIpc) is 2.49. The number of esters is 1. The molecule has 1 aliphatic heterocycles. The van der Waals surface area contributed by atoms with Crippen LogP contribution < -0.4 is 5.32 Å². The molecule has 0 spiro atoms. The van der Waals surface area contributed by atoms with Crippen molar-refractivity contribution >= 4 is 11.9 Å². The van der Waals surface area contributed by atoms with E-state index in [0.29, 0.717) is 6.42 Å². The smallest absolute Gasteiger partial charge is 0.328 e. The van der Waals surface area contributed by atoms with Crippen LogP contribution in [0.5, 0.6) is 0 Å². The summed E-state index contributed by atoms with van der Waals surface area (Å²) in [4.78, 5) is 35.3. The summed E-state index contributed by atoms with van der Waals surface area (Å²) >= 11 is 0. The normalized spacial score (nSPS) is 20.0. The van der Waals surface area contributed by atoms with E-state index in [1.807, 2.05) is 0 Å². The van der Waals surface area contributed by atoms with E-state index < -0.39 is 29.6 Å². The van der Waals surface area contributed by atoms with Gasteiger partial charge >= 0.3 is 5.97 Å². The Morgan fingerprint density at radius 1 is 1.79 bits per heavy atom. The molecule has 0 unspecified atom stereocenters. The minimum Gasteiger partial charge on any atom is -0.464 e. The van der Waals surface area contributed by atoms with Gasteiger partial charge in [0.2, 0.25) is 5.91 Å². The summed E-state index contributed by atoms with van der Waals surface area (Å²) in [7, 11) is 0. The number of cyclic esters (lactones) is 1. The molecule has 0 aromatic carbocycles. The first-order valence-electron chi connectivity index (χ1n) is 3.83. The number of hydrogen-bond acceptors (Lipinski definition) is 6. The third kappa shape index (κ3) is 2.88. The molecule has 1 atom stereocenters. The Balaban J connectivity index is 2.26. The van der Waals surface area contributed by atoms with Crippen molar-refractivity contribution in [1.29, 1.82) is 0 Å². The molecule has 0 aromatic heterocycles. The van der Waals surface area contributed by atoms with Gasteiger partial charge in [-0.15, -0.1) is 10.1 Å². The third-order valence-electron chi connectivity index (χ3n) is 1.57. The van der Waals surface area contributed by atoms with Gasteiger partial charge in [-0.1, -0.05) is 0 Å². The number of carbonyl (C=O) groups excluding carboxylic acids is 2. The molecule has 78 valence electrons. The van der Waals surface area contributed by atoms with E-state index in [9.17, 15) is 19.7 Å². The van der Waals surface area contributed by atoms with Gasteiger partial charge in [-0.05, 0) is 0 Å². The van der Waals surface area contributed by atoms with Crippen molar-refractivity contribution < 1.29 is 24.3 Å². The van der Waals surface area contributed by atoms with E-state index in [-0.39, 0.29) is 6.61 Å². The molecule has 1 rings (SSSR count). The monoisotopic (exact) mass is 204 g/mol. The first kappa shape index (κ1) is 10.2. The molecule has 0 aliphatic carbocycles. The van der Waals surface area contributed by atoms with Gasteiger partial charge in [-0.3, -0.25) is 4.79 Å². The van der Waals surface area contributed by atoms with Gasteiger partial charge < -0.3 is 14.9 Å². The zero-order valence-electron chi connectivity index (χ0n) is 7.10. The lowest BCUT2D eigenvalue weighted by molar-refractivity contribution is -0.754. The molecule has 1 fully saturated rings. The Hall–Kier alpha value is -1.86. The van der Waals surface area contributed by atoms with E-state index in [4.69, 9.17) is 0 Å². The summed E-state index contributed by atoms with van der Waals surface area (Å²) in [6.07, 6.45) is 0.378. The van der Waals surface area contributed by atoms with Crippen molar-refractivity contribution in [3.8, 4) is 0 Å². The molecule has 8 nitrogen and oxygen atoms in total. The van der Waals surface area contributed by atoms with Crippen LogP contribution in [0.15, 0.2) is 0 Å². The van der Waals surface area contributed by atoms with Crippen LogP contribution in [0.25, 0.3) is 0 Å². The molecule has 0 bridgehead atoms. The maximum atomic E-state index is 10.9. The summed E-state index contributed by atoms with van der Waals surface area (Å²) in [5, 5.41) is 10.9. The Bertz CT molecular complexity index is 265. The number of nitrogens with zero attached hydrogens (tertiary/aromatic N) is 1. The van der Waals surface area contributed by atoms with Crippen LogP contribution in [-0.4, -0.2) is 36.2 Å². The highest BCUT2D eigenvalue weighted by Gasteiger charge is 2.27. The Morgan fingerprint density at radius 3 is 3.00 bits per heavy atom. The largest absolute Gasteiger partial charge is 0.464 e. The lowest BCUT2D eigenvalue weighted by Gasteiger charge is -2.07. The van der Waals surface area contributed by atoms with E-state index in [1.165, 1.54) is 0 Å². The first-order valence-corrected chi connectivity index (χ1v) is 3.83. The van der Waals surface area contributed by atoms with E-state index in [1.54, 1.807) is 0 Å². The SMILES string of the molecule is O=C(CO[N+](=O)[O-])N[C@H]1CCOC1=O. The number of amides is 1. The van der Waals surface area contributed by atoms with Gasteiger partial charge in [0.25, 0.3) is 5.09 Å². The van der Waals surface area contributed by atoms with Crippen molar-refractivity contribution in [1.82, 2.24) is 5.32 Å². The van der Waals surface area contributed by atoms with Crippen LogP contribution in [0.4, 0.5) is 0 Å². The minimum absolute atomic E-state index is 0.250. The third-order valence-corrected chi connectivity index (χ3v) is 1.57. The Labute approximate surface area is 78.3 Å². The molecule has 1 amide bonds. The molecule has 14 heavy (non-hydrogen) atoms. The second kappa shape index (κ2) is 4.40. The van der Waals surface area contributed by atoms with E-state index in [0.717, 1.165) is 0 Å². The van der Waals surface area contributed by atoms with Crippen LogP contribution in [0.1, 0.15) is 6.42 Å². The molecule has 0 radical (unpaired) electrons. The predicted octanol–water partition coefficient (Wildman–Crippen LogP) is -1.37. The Morgan fingerprint density at radius 2 is 2.50 bits per heavy atom.